The highest BCUT2D eigenvalue weighted by Crippen LogP contribution is 2.20. The van der Waals surface area contributed by atoms with E-state index in [4.69, 9.17) is 28.3 Å². The van der Waals surface area contributed by atoms with Crippen LogP contribution in [0.4, 0.5) is 0 Å². The Morgan fingerprint density at radius 3 is 2.81 bits per heavy atom. The van der Waals surface area contributed by atoms with E-state index in [1.54, 1.807) is 12.1 Å². The molecular formula is C11H13Cl2NO2. The van der Waals surface area contributed by atoms with Crippen molar-refractivity contribution in [1.82, 2.24) is 5.32 Å². The van der Waals surface area contributed by atoms with Crippen LogP contribution in [0.25, 0.3) is 0 Å². The van der Waals surface area contributed by atoms with Crippen LogP contribution < -0.4 is 5.32 Å². The van der Waals surface area contributed by atoms with Gasteiger partial charge in [0, 0.05) is 18.2 Å². The lowest BCUT2D eigenvalue weighted by Crippen LogP contribution is -2.29. The summed E-state index contributed by atoms with van der Waals surface area (Å²) in [5.41, 5.74) is 0.347. The van der Waals surface area contributed by atoms with E-state index in [0.29, 0.717) is 22.2 Å². The van der Waals surface area contributed by atoms with E-state index in [9.17, 15) is 4.79 Å². The van der Waals surface area contributed by atoms with Gasteiger partial charge in [-0.25, -0.2) is 0 Å². The second kappa shape index (κ2) is 6.09. The zero-order chi connectivity index (χ0) is 12.1. The molecule has 0 heterocycles. The van der Waals surface area contributed by atoms with Crippen molar-refractivity contribution in [1.29, 1.82) is 0 Å². The van der Waals surface area contributed by atoms with Gasteiger partial charge in [-0.1, -0.05) is 30.1 Å². The van der Waals surface area contributed by atoms with Crippen molar-refractivity contribution >= 4 is 29.1 Å². The van der Waals surface area contributed by atoms with Crippen LogP contribution >= 0.6 is 23.2 Å². The molecule has 0 fully saturated rings. The van der Waals surface area contributed by atoms with Gasteiger partial charge < -0.3 is 10.4 Å². The van der Waals surface area contributed by atoms with Crippen LogP contribution in [-0.4, -0.2) is 24.2 Å². The molecule has 0 bridgehead atoms. The van der Waals surface area contributed by atoms with Gasteiger partial charge in [0.1, 0.15) is 0 Å². The predicted octanol–water partition coefficient (Wildman–Crippen LogP) is 2.35. The zero-order valence-electron chi connectivity index (χ0n) is 8.84. The number of nitrogens with one attached hydrogen (secondary N) is 1. The fourth-order valence-electron chi connectivity index (χ4n) is 1.10. The molecule has 16 heavy (non-hydrogen) atoms. The van der Waals surface area contributed by atoms with E-state index in [0.717, 1.165) is 0 Å². The number of aliphatic hydroxyl groups excluding tert-OH is 1. The summed E-state index contributed by atoms with van der Waals surface area (Å²) in [6.07, 6.45) is 0. The van der Waals surface area contributed by atoms with Gasteiger partial charge in [0.15, 0.2) is 0 Å². The maximum Gasteiger partial charge on any atom is 0.252 e. The monoisotopic (exact) mass is 261 g/mol. The van der Waals surface area contributed by atoms with Gasteiger partial charge in [-0.3, -0.25) is 4.79 Å². The quantitative estimate of drug-likeness (QED) is 0.875. The molecule has 1 aromatic carbocycles. The molecule has 1 amide bonds. The Kier molecular flexibility index (Phi) is 5.06. The third kappa shape index (κ3) is 3.67. The van der Waals surface area contributed by atoms with Gasteiger partial charge in [0.2, 0.25) is 0 Å². The van der Waals surface area contributed by atoms with Crippen LogP contribution in [-0.2, 0) is 0 Å². The summed E-state index contributed by atoms with van der Waals surface area (Å²) in [7, 11) is 0. The standard InChI is InChI=1S/C11H13Cl2NO2/c1-7(6-15)5-14-11(16)9-4-8(12)2-3-10(9)13/h2-4,7,15H,5-6H2,1H3,(H,14,16). The van der Waals surface area contributed by atoms with Crippen molar-refractivity contribution in [3.8, 4) is 0 Å². The van der Waals surface area contributed by atoms with Gasteiger partial charge in [-0.2, -0.15) is 0 Å². The fourth-order valence-corrected chi connectivity index (χ4v) is 1.47. The molecule has 0 saturated carbocycles. The summed E-state index contributed by atoms with van der Waals surface area (Å²) in [6, 6.07) is 4.72. The highest BCUT2D eigenvalue weighted by molar-refractivity contribution is 6.35. The topological polar surface area (TPSA) is 49.3 Å². The molecule has 3 nitrogen and oxygen atoms in total. The Labute approximate surface area is 104 Å². The van der Waals surface area contributed by atoms with Crippen molar-refractivity contribution in [3.63, 3.8) is 0 Å². The molecule has 2 N–H and O–H groups in total. The fraction of sp³-hybridized carbons (Fsp3) is 0.364. The molecule has 88 valence electrons. The molecule has 1 aromatic rings. The van der Waals surface area contributed by atoms with Crippen molar-refractivity contribution in [3.05, 3.63) is 33.8 Å². The van der Waals surface area contributed by atoms with Gasteiger partial charge >= 0.3 is 0 Å². The van der Waals surface area contributed by atoms with Crippen molar-refractivity contribution in [2.45, 2.75) is 6.92 Å². The highest BCUT2D eigenvalue weighted by Gasteiger charge is 2.11. The highest BCUT2D eigenvalue weighted by atomic mass is 35.5. The lowest BCUT2D eigenvalue weighted by Gasteiger charge is -2.10. The van der Waals surface area contributed by atoms with E-state index in [1.165, 1.54) is 6.07 Å². The van der Waals surface area contributed by atoms with Crippen molar-refractivity contribution < 1.29 is 9.90 Å². The second-order valence-corrected chi connectivity index (χ2v) is 4.47. The first-order chi connectivity index (χ1) is 7.54. The lowest BCUT2D eigenvalue weighted by molar-refractivity contribution is 0.0942. The van der Waals surface area contributed by atoms with E-state index < -0.39 is 0 Å². The minimum atomic E-state index is -0.284. The minimum absolute atomic E-state index is 0.0157. The summed E-state index contributed by atoms with van der Waals surface area (Å²) in [4.78, 5) is 11.7. The molecule has 0 radical (unpaired) electrons. The van der Waals surface area contributed by atoms with E-state index >= 15 is 0 Å². The summed E-state index contributed by atoms with van der Waals surface area (Å²) in [5.74, 6) is -0.269. The van der Waals surface area contributed by atoms with Gasteiger partial charge in [-0.15, -0.1) is 0 Å². The van der Waals surface area contributed by atoms with Crippen LogP contribution in [0.15, 0.2) is 18.2 Å². The SMILES string of the molecule is CC(CO)CNC(=O)c1cc(Cl)ccc1Cl. The number of hydrogen-bond acceptors (Lipinski definition) is 2. The molecule has 0 aromatic heterocycles. The lowest BCUT2D eigenvalue weighted by atomic mass is 10.1. The minimum Gasteiger partial charge on any atom is -0.396 e. The van der Waals surface area contributed by atoms with Gasteiger partial charge in [0.05, 0.1) is 10.6 Å². The predicted molar refractivity (Wildman–Crippen MR) is 65.0 cm³/mol. The molecule has 1 atom stereocenters. The van der Waals surface area contributed by atoms with E-state index in [-0.39, 0.29) is 18.4 Å². The number of amides is 1. The number of aliphatic hydroxyl groups is 1. The van der Waals surface area contributed by atoms with Crippen molar-refractivity contribution in [2.24, 2.45) is 5.92 Å². The van der Waals surface area contributed by atoms with Crippen LogP contribution in [0.3, 0.4) is 0 Å². The average Bonchev–Trinajstić information content (AvgIpc) is 2.28. The molecule has 0 saturated heterocycles. The Morgan fingerprint density at radius 2 is 2.19 bits per heavy atom. The molecule has 0 aliphatic heterocycles. The van der Waals surface area contributed by atoms with E-state index in [1.807, 2.05) is 6.92 Å². The third-order valence-corrected chi connectivity index (χ3v) is 2.66. The smallest absolute Gasteiger partial charge is 0.252 e. The Balaban J connectivity index is 2.69. The molecule has 0 spiro atoms. The van der Waals surface area contributed by atoms with Gasteiger partial charge in [0.25, 0.3) is 5.91 Å². The van der Waals surface area contributed by atoms with Crippen LogP contribution in [0.1, 0.15) is 17.3 Å². The van der Waals surface area contributed by atoms with Gasteiger partial charge in [-0.05, 0) is 24.1 Å². The van der Waals surface area contributed by atoms with Crippen molar-refractivity contribution in [2.75, 3.05) is 13.2 Å². The number of rotatable bonds is 4. The summed E-state index contributed by atoms with van der Waals surface area (Å²) in [5, 5.41) is 12.3. The summed E-state index contributed by atoms with van der Waals surface area (Å²) < 4.78 is 0. The summed E-state index contributed by atoms with van der Waals surface area (Å²) in [6.45, 7) is 2.27. The number of halogens is 2. The Hall–Kier alpha value is -0.770. The van der Waals surface area contributed by atoms with Crippen LogP contribution in [0.2, 0.25) is 10.0 Å². The first kappa shape index (κ1) is 13.3. The number of carbonyl (C=O) groups excluding carboxylic acids is 1. The number of benzene rings is 1. The Bertz CT molecular complexity index is 382. The average molecular weight is 262 g/mol. The first-order valence-corrected chi connectivity index (χ1v) is 5.64. The normalized spacial score (nSPS) is 12.2. The maximum atomic E-state index is 11.7. The second-order valence-electron chi connectivity index (χ2n) is 3.62. The Morgan fingerprint density at radius 1 is 1.50 bits per heavy atom. The molecule has 0 aliphatic carbocycles. The molecule has 1 rings (SSSR count). The molecule has 0 aliphatic rings. The summed E-state index contributed by atoms with van der Waals surface area (Å²) >= 11 is 11.6. The number of carbonyl (C=O) groups is 1. The molecule has 1 unspecified atom stereocenters. The van der Waals surface area contributed by atoms with E-state index in [2.05, 4.69) is 5.32 Å². The van der Waals surface area contributed by atoms with Crippen LogP contribution in [0, 0.1) is 5.92 Å². The zero-order valence-corrected chi connectivity index (χ0v) is 10.3. The third-order valence-electron chi connectivity index (χ3n) is 2.10. The first-order valence-electron chi connectivity index (χ1n) is 4.88. The van der Waals surface area contributed by atoms with Crippen LogP contribution in [0.5, 0.6) is 0 Å². The largest absolute Gasteiger partial charge is 0.396 e. The molecule has 5 heteroatoms. The molecular weight excluding hydrogens is 249 g/mol. The maximum absolute atomic E-state index is 11.7. The number of hydrogen-bond donors (Lipinski definition) is 2.